The molecule has 0 aliphatic carbocycles. The molecule has 0 aliphatic heterocycles. The van der Waals surface area contributed by atoms with Crippen LogP contribution < -0.4 is 5.32 Å². The van der Waals surface area contributed by atoms with Gasteiger partial charge in [-0.05, 0) is 36.8 Å². The van der Waals surface area contributed by atoms with Crippen molar-refractivity contribution in [3.05, 3.63) is 59.6 Å². The monoisotopic (exact) mass is 380 g/mol. The molecule has 142 valence electrons. The van der Waals surface area contributed by atoms with Crippen molar-refractivity contribution < 1.29 is 13.7 Å². The van der Waals surface area contributed by atoms with Gasteiger partial charge in [0.25, 0.3) is 5.89 Å². The van der Waals surface area contributed by atoms with E-state index in [1.54, 1.807) is 41.8 Å². The molecule has 0 unspecified atom stereocenters. The fourth-order valence-corrected chi connectivity index (χ4v) is 2.73. The summed E-state index contributed by atoms with van der Waals surface area (Å²) in [5.74, 6) is 0.812. The molecular weight excluding hydrogens is 363 g/mol. The fourth-order valence-electron chi connectivity index (χ4n) is 2.73. The molecule has 1 amide bonds. The van der Waals surface area contributed by atoms with Gasteiger partial charge in [0.15, 0.2) is 11.5 Å². The Morgan fingerprint density at radius 2 is 2.11 bits per heavy atom. The molecule has 0 fully saturated rings. The van der Waals surface area contributed by atoms with E-state index in [4.69, 9.17) is 4.52 Å². The molecule has 8 nitrogen and oxygen atoms in total. The van der Waals surface area contributed by atoms with Gasteiger partial charge in [-0.15, -0.1) is 10.2 Å². The number of halogens is 1. The number of nitrogens with one attached hydrogen (secondary N) is 1. The first kappa shape index (κ1) is 17.8. The van der Waals surface area contributed by atoms with E-state index in [1.165, 1.54) is 6.07 Å². The molecule has 0 bridgehead atoms. The average Bonchev–Trinajstić information content (AvgIpc) is 3.31. The number of aromatic nitrogens is 5. The minimum Gasteiger partial charge on any atom is -0.334 e. The number of amides is 1. The third kappa shape index (κ3) is 3.46. The van der Waals surface area contributed by atoms with Gasteiger partial charge < -0.3 is 9.84 Å². The van der Waals surface area contributed by atoms with Crippen molar-refractivity contribution in [2.45, 2.75) is 26.7 Å². The number of carbonyl (C=O) groups is 1. The van der Waals surface area contributed by atoms with Crippen LogP contribution in [0.1, 0.15) is 24.1 Å². The maximum Gasteiger partial charge on any atom is 0.258 e. The molecule has 0 aliphatic rings. The van der Waals surface area contributed by atoms with Crippen LogP contribution >= 0.6 is 0 Å². The summed E-state index contributed by atoms with van der Waals surface area (Å²) in [6.07, 6.45) is 2.42. The number of anilines is 1. The van der Waals surface area contributed by atoms with Gasteiger partial charge in [0, 0.05) is 23.9 Å². The lowest BCUT2D eigenvalue weighted by atomic mass is 10.2. The summed E-state index contributed by atoms with van der Waals surface area (Å²) in [6.45, 7) is 3.60. The first-order valence-corrected chi connectivity index (χ1v) is 8.76. The zero-order valence-electron chi connectivity index (χ0n) is 15.3. The van der Waals surface area contributed by atoms with E-state index in [2.05, 4.69) is 25.7 Å². The molecule has 3 aromatic heterocycles. The minimum atomic E-state index is -0.370. The summed E-state index contributed by atoms with van der Waals surface area (Å²) < 4.78 is 20.6. The number of benzene rings is 1. The van der Waals surface area contributed by atoms with Crippen molar-refractivity contribution in [3.8, 4) is 11.5 Å². The van der Waals surface area contributed by atoms with Gasteiger partial charge in [0.05, 0.1) is 6.42 Å². The Hall–Kier alpha value is -3.62. The number of hydrogen-bond acceptors (Lipinski definition) is 6. The molecule has 0 saturated carbocycles. The Labute approximate surface area is 159 Å². The number of carbonyl (C=O) groups excluding carboxylic acids is 1. The molecule has 0 atom stereocenters. The zero-order valence-corrected chi connectivity index (χ0v) is 15.3. The van der Waals surface area contributed by atoms with E-state index in [0.717, 1.165) is 5.56 Å². The van der Waals surface area contributed by atoms with Crippen molar-refractivity contribution in [1.29, 1.82) is 0 Å². The van der Waals surface area contributed by atoms with Crippen LogP contribution in [0.3, 0.4) is 0 Å². The van der Waals surface area contributed by atoms with E-state index < -0.39 is 0 Å². The second-order valence-electron chi connectivity index (χ2n) is 6.32. The Kier molecular flexibility index (Phi) is 4.56. The van der Waals surface area contributed by atoms with Crippen LogP contribution in [0, 0.1) is 12.7 Å². The average molecular weight is 380 g/mol. The van der Waals surface area contributed by atoms with Crippen molar-refractivity contribution in [2.75, 3.05) is 5.32 Å². The van der Waals surface area contributed by atoms with Gasteiger partial charge in [-0.25, -0.2) is 4.39 Å². The van der Waals surface area contributed by atoms with Crippen molar-refractivity contribution >= 4 is 17.2 Å². The number of rotatable bonds is 5. The standard InChI is InChI=1S/C19H17FN6O2/c1-3-15-22-19(28-25-15)12-6-7-26-16(8-12)23-24-17(26)10-18(27)21-13-5-4-11(2)14(20)9-13/h4-9H,3,10H2,1-2H3,(H,21,27). The van der Waals surface area contributed by atoms with Gasteiger partial charge >= 0.3 is 0 Å². The molecule has 3 heterocycles. The van der Waals surface area contributed by atoms with Crippen molar-refractivity contribution in [2.24, 2.45) is 0 Å². The second kappa shape index (κ2) is 7.18. The molecule has 9 heteroatoms. The molecule has 4 aromatic rings. The third-order valence-corrected chi connectivity index (χ3v) is 4.29. The lowest BCUT2D eigenvalue weighted by molar-refractivity contribution is -0.115. The highest BCUT2D eigenvalue weighted by atomic mass is 19.1. The molecule has 0 saturated heterocycles. The van der Waals surface area contributed by atoms with Crippen LogP contribution in [-0.2, 0) is 17.6 Å². The summed E-state index contributed by atoms with van der Waals surface area (Å²) in [7, 11) is 0. The summed E-state index contributed by atoms with van der Waals surface area (Å²) in [6, 6.07) is 8.10. The van der Waals surface area contributed by atoms with Gasteiger partial charge in [-0.2, -0.15) is 4.98 Å². The summed E-state index contributed by atoms with van der Waals surface area (Å²) in [5.41, 5.74) is 2.19. The SMILES string of the molecule is CCc1noc(-c2ccn3c(CC(=O)Nc4ccc(C)c(F)c4)nnc3c2)n1. The summed E-state index contributed by atoms with van der Waals surface area (Å²) in [5, 5.41) is 14.7. The van der Waals surface area contributed by atoms with Crippen LogP contribution in [0.25, 0.3) is 17.1 Å². The number of fused-ring (bicyclic) bond motifs is 1. The number of hydrogen-bond donors (Lipinski definition) is 1. The maximum absolute atomic E-state index is 13.6. The molecule has 4 rings (SSSR count). The lowest BCUT2D eigenvalue weighted by Crippen LogP contribution is -2.16. The highest BCUT2D eigenvalue weighted by molar-refractivity contribution is 5.91. The quantitative estimate of drug-likeness (QED) is 0.572. The fraction of sp³-hybridized carbons (Fsp3) is 0.211. The van der Waals surface area contributed by atoms with E-state index in [9.17, 15) is 9.18 Å². The topological polar surface area (TPSA) is 98.2 Å². The smallest absolute Gasteiger partial charge is 0.258 e. The number of nitrogens with zero attached hydrogens (tertiary/aromatic N) is 5. The summed E-state index contributed by atoms with van der Waals surface area (Å²) >= 11 is 0. The first-order valence-electron chi connectivity index (χ1n) is 8.76. The molecular formula is C19H17FN6O2. The Morgan fingerprint density at radius 3 is 2.86 bits per heavy atom. The Bertz CT molecular complexity index is 1170. The van der Waals surface area contributed by atoms with Crippen LogP contribution in [0.2, 0.25) is 0 Å². The normalized spacial score (nSPS) is 11.1. The van der Waals surface area contributed by atoms with E-state index in [-0.39, 0.29) is 18.1 Å². The van der Waals surface area contributed by atoms with Gasteiger partial charge in [-0.1, -0.05) is 18.1 Å². The first-order chi connectivity index (χ1) is 13.5. The van der Waals surface area contributed by atoms with Crippen LogP contribution in [0.4, 0.5) is 10.1 Å². The van der Waals surface area contributed by atoms with Gasteiger partial charge in [0.2, 0.25) is 5.91 Å². The van der Waals surface area contributed by atoms with Gasteiger partial charge in [-0.3, -0.25) is 9.20 Å². The van der Waals surface area contributed by atoms with Crippen molar-refractivity contribution in [1.82, 2.24) is 24.7 Å². The van der Waals surface area contributed by atoms with Crippen LogP contribution in [0.15, 0.2) is 41.1 Å². The second-order valence-corrected chi connectivity index (χ2v) is 6.32. The predicted molar refractivity (Wildman–Crippen MR) is 99.1 cm³/mol. The Balaban J connectivity index is 1.52. The van der Waals surface area contributed by atoms with Crippen molar-refractivity contribution in [3.63, 3.8) is 0 Å². The number of pyridine rings is 1. The number of aryl methyl sites for hydroxylation is 2. The molecule has 28 heavy (non-hydrogen) atoms. The van der Waals surface area contributed by atoms with Crippen LogP contribution in [-0.4, -0.2) is 30.6 Å². The zero-order chi connectivity index (χ0) is 19.7. The lowest BCUT2D eigenvalue weighted by Gasteiger charge is -2.06. The third-order valence-electron chi connectivity index (χ3n) is 4.29. The largest absolute Gasteiger partial charge is 0.334 e. The molecule has 0 radical (unpaired) electrons. The van der Waals surface area contributed by atoms with E-state index in [0.29, 0.717) is 40.9 Å². The van der Waals surface area contributed by atoms with E-state index in [1.807, 2.05) is 6.92 Å². The van der Waals surface area contributed by atoms with Crippen LogP contribution in [0.5, 0.6) is 0 Å². The molecule has 1 aromatic carbocycles. The summed E-state index contributed by atoms with van der Waals surface area (Å²) in [4.78, 5) is 16.6. The van der Waals surface area contributed by atoms with E-state index >= 15 is 0 Å². The Morgan fingerprint density at radius 1 is 1.25 bits per heavy atom. The highest BCUT2D eigenvalue weighted by Gasteiger charge is 2.14. The predicted octanol–water partition coefficient (Wildman–Crippen LogP) is 2.97. The van der Waals surface area contributed by atoms with Gasteiger partial charge in [0.1, 0.15) is 11.6 Å². The molecule has 0 spiro atoms. The maximum atomic E-state index is 13.6. The minimum absolute atomic E-state index is 0.00342. The highest BCUT2D eigenvalue weighted by Crippen LogP contribution is 2.19. The molecule has 1 N–H and O–H groups in total.